The first-order chi connectivity index (χ1) is 18.8. The number of carboxylic acids is 1. The zero-order chi connectivity index (χ0) is 27.6. The Labute approximate surface area is 229 Å². The molecule has 1 saturated heterocycles. The standard InChI is InChI=1S/C33H35NO5/c1-21-3-12-27(17-22(21)2)34-20-31(36)29-18-28(29)25-8-4-23(5-9-25)24-6-10-26(11-7-24)30(35)19-33(32(37)38)13-15-39-16-14-33/h3-12,17,28-29,34H,13-16,18-20H2,1-2H3,(H,37,38). The van der Waals surface area contributed by atoms with Crippen LogP contribution in [0.5, 0.6) is 0 Å². The highest BCUT2D eigenvalue weighted by Crippen LogP contribution is 2.48. The van der Waals surface area contributed by atoms with Crippen molar-refractivity contribution in [3.63, 3.8) is 0 Å². The van der Waals surface area contributed by atoms with Crippen molar-refractivity contribution in [1.82, 2.24) is 0 Å². The average Bonchev–Trinajstić information content (AvgIpc) is 3.75. The third kappa shape index (κ3) is 5.96. The van der Waals surface area contributed by atoms with Gasteiger partial charge in [-0.25, -0.2) is 0 Å². The number of ketones is 2. The van der Waals surface area contributed by atoms with E-state index in [0.717, 1.165) is 23.2 Å². The minimum Gasteiger partial charge on any atom is -0.481 e. The molecule has 0 spiro atoms. The van der Waals surface area contributed by atoms with Crippen molar-refractivity contribution < 1.29 is 24.2 Å². The third-order valence-electron chi connectivity index (χ3n) is 8.46. The number of nitrogens with one attached hydrogen (secondary N) is 1. The van der Waals surface area contributed by atoms with Crippen molar-refractivity contribution in [3.8, 4) is 11.1 Å². The lowest BCUT2D eigenvalue weighted by atomic mass is 9.75. The first-order valence-electron chi connectivity index (χ1n) is 13.6. The Morgan fingerprint density at radius 3 is 2.15 bits per heavy atom. The van der Waals surface area contributed by atoms with Gasteiger partial charge in [0.05, 0.1) is 12.0 Å². The van der Waals surface area contributed by atoms with Gasteiger partial charge in [-0.3, -0.25) is 14.4 Å². The summed E-state index contributed by atoms with van der Waals surface area (Å²) < 4.78 is 5.31. The highest BCUT2D eigenvalue weighted by molar-refractivity contribution is 5.99. The number of carbonyl (C=O) groups is 3. The maximum absolute atomic E-state index is 12.9. The summed E-state index contributed by atoms with van der Waals surface area (Å²) >= 11 is 0. The van der Waals surface area contributed by atoms with Crippen LogP contribution in [0.15, 0.2) is 66.7 Å². The number of ether oxygens (including phenoxy) is 1. The zero-order valence-electron chi connectivity index (χ0n) is 22.5. The van der Waals surface area contributed by atoms with Crippen LogP contribution in [0, 0.1) is 25.2 Å². The number of hydrogen-bond acceptors (Lipinski definition) is 5. The van der Waals surface area contributed by atoms with Crippen molar-refractivity contribution in [2.75, 3.05) is 25.1 Å². The van der Waals surface area contributed by atoms with Gasteiger partial charge in [-0.2, -0.15) is 0 Å². The number of Topliss-reactive ketones (excluding diaryl/α,β-unsaturated/α-hetero) is 2. The highest BCUT2D eigenvalue weighted by atomic mass is 16.5. The van der Waals surface area contributed by atoms with E-state index in [1.165, 1.54) is 16.7 Å². The highest BCUT2D eigenvalue weighted by Gasteiger charge is 2.43. The molecule has 2 N–H and O–H groups in total. The second-order valence-corrected chi connectivity index (χ2v) is 11.1. The van der Waals surface area contributed by atoms with Gasteiger partial charge in [0, 0.05) is 36.8 Å². The maximum Gasteiger partial charge on any atom is 0.310 e. The molecule has 0 radical (unpaired) electrons. The molecule has 1 aliphatic heterocycles. The Morgan fingerprint density at radius 1 is 0.897 bits per heavy atom. The van der Waals surface area contributed by atoms with E-state index in [-0.39, 0.29) is 29.8 Å². The predicted octanol–water partition coefficient (Wildman–Crippen LogP) is 6.21. The van der Waals surface area contributed by atoms with Crippen LogP contribution >= 0.6 is 0 Å². The Kier molecular flexibility index (Phi) is 7.67. The molecule has 2 atom stereocenters. The van der Waals surface area contributed by atoms with E-state index in [9.17, 15) is 19.5 Å². The predicted molar refractivity (Wildman–Crippen MR) is 151 cm³/mol. The van der Waals surface area contributed by atoms with Gasteiger partial charge < -0.3 is 15.2 Å². The molecule has 2 fully saturated rings. The van der Waals surface area contributed by atoms with Crippen molar-refractivity contribution in [3.05, 3.63) is 89.0 Å². The molecule has 1 heterocycles. The van der Waals surface area contributed by atoms with E-state index in [1.807, 2.05) is 18.2 Å². The molecule has 3 aromatic rings. The van der Waals surface area contributed by atoms with Gasteiger partial charge in [0.15, 0.2) is 11.6 Å². The fourth-order valence-electron chi connectivity index (χ4n) is 5.50. The van der Waals surface area contributed by atoms with Crippen LogP contribution in [0.4, 0.5) is 5.69 Å². The number of carboxylic acid groups (broad SMARTS) is 1. The normalized spacial score (nSPS) is 19.7. The van der Waals surface area contributed by atoms with Gasteiger partial charge in [-0.15, -0.1) is 0 Å². The van der Waals surface area contributed by atoms with E-state index in [0.29, 0.717) is 38.2 Å². The van der Waals surface area contributed by atoms with Crippen LogP contribution in [0.1, 0.15) is 58.6 Å². The van der Waals surface area contributed by atoms with Gasteiger partial charge >= 0.3 is 5.97 Å². The maximum atomic E-state index is 12.9. The zero-order valence-corrected chi connectivity index (χ0v) is 22.5. The Morgan fingerprint density at radius 2 is 1.54 bits per heavy atom. The van der Waals surface area contributed by atoms with Crippen molar-refractivity contribution in [2.45, 2.75) is 45.4 Å². The summed E-state index contributed by atoms with van der Waals surface area (Å²) in [4.78, 5) is 37.5. The van der Waals surface area contributed by atoms with Gasteiger partial charge in [0.25, 0.3) is 0 Å². The molecule has 202 valence electrons. The molecular formula is C33H35NO5. The van der Waals surface area contributed by atoms with E-state index in [1.54, 1.807) is 12.1 Å². The minimum atomic E-state index is -1.04. The van der Waals surface area contributed by atoms with Gasteiger partial charge in [-0.1, -0.05) is 54.6 Å². The number of benzene rings is 3. The van der Waals surface area contributed by atoms with Crippen molar-refractivity contribution in [1.29, 1.82) is 0 Å². The molecule has 0 amide bonds. The lowest BCUT2D eigenvalue weighted by molar-refractivity contribution is -0.154. The molecule has 5 rings (SSSR count). The molecule has 6 nitrogen and oxygen atoms in total. The Balaban J connectivity index is 1.16. The molecule has 6 heteroatoms. The third-order valence-corrected chi connectivity index (χ3v) is 8.46. The summed E-state index contributed by atoms with van der Waals surface area (Å²) in [6.45, 7) is 5.23. The molecule has 0 aromatic heterocycles. The van der Waals surface area contributed by atoms with Crippen molar-refractivity contribution >= 4 is 23.2 Å². The summed E-state index contributed by atoms with van der Waals surface area (Å²) in [7, 11) is 0. The van der Waals surface area contributed by atoms with Crippen molar-refractivity contribution in [2.24, 2.45) is 11.3 Å². The molecule has 39 heavy (non-hydrogen) atoms. The van der Waals surface area contributed by atoms with Crippen LogP contribution in [-0.2, 0) is 14.3 Å². The van der Waals surface area contributed by atoms with E-state index < -0.39 is 11.4 Å². The van der Waals surface area contributed by atoms with Crippen LogP contribution in [0.2, 0.25) is 0 Å². The number of carbonyl (C=O) groups excluding carboxylic acids is 2. The molecule has 3 aromatic carbocycles. The molecule has 0 bridgehead atoms. The first kappa shape index (κ1) is 26.8. The summed E-state index contributed by atoms with van der Waals surface area (Å²) in [5.41, 5.74) is 6.09. The minimum absolute atomic E-state index is 0.0127. The van der Waals surface area contributed by atoms with E-state index >= 15 is 0 Å². The van der Waals surface area contributed by atoms with Gasteiger partial charge in [0.2, 0.25) is 0 Å². The van der Waals surface area contributed by atoms with E-state index in [4.69, 9.17) is 4.74 Å². The molecule has 1 saturated carbocycles. The molecule has 1 aliphatic carbocycles. The lowest BCUT2D eigenvalue weighted by Crippen LogP contribution is -2.39. The second-order valence-electron chi connectivity index (χ2n) is 11.1. The summed E-state index contributed by atoms with van der Waals surface area (Å²) in [5, 5.41) is 13.0. The number of aryl methyl sites for hydroxylation is 2. The quantitative estimate of drug-likeness (QED) is 0.306. The molecule has 2 aliphatic rings. The lowest BCUT2D eigenvalue weighted by Gasteiger charge is -2.32. The number of anilines is 1. The largest absolute Gasteiger partial charge is 0.481 e. The summed E-state index contributed by atoms with van der Waals surface area (Å²) in [6, 6.07) is 21.8. The van der Waals surface area contributed by atoms with Crippen LogP contribution in [0.3, 0.4) is 0 Å². The fourth-order valence-corrected chi connectivity index (χ4v) is 5.50. The SMILES string of the molecule is Cc1ccc(NCC(=O)C2CC2c2ccc(-c3ccc(C(=O)CC4(C(=O)O)CCOCC4)cc3)cc2)cc1C. The fraction of sp³-hybridized carbons (Fsp3) is 0.364. The first-order valence-corrected chi connectivity index (χ1v) is 13.6. The Hall–Kier alpha value is -3.77. The topological polar surface area (TPSA) is 92.7 Å². The van der Waals surface area contributed by atoms with Crippen LogP contribution < -0.4 is 5.32 Å². The number of rotatable bonds is 10. The van der Waals surface area contributed by atoms with Gasteiger partial charge in [-0.05, 0) is 79.0 Å². The average molecular weight is 526 g/mol. The smallest absolute Gasteiger partial charge is 0.310 e. The molecule has 2 unspecified atom stereocenters. The molecular weight excluding hydrogens is 490 g/mol. The van der Waals surface area contributed by atoms with Gasteiger partial charge in [0.1, 0.15) is 0 Å². The summed E-state index contributed by atoms with van der Waals surface area (Å²) in [6.07, 6.45) is 1.58. The number of hydrogen-bond donors (Lipinski definition) is 2. The second kappa shape index (κ2) is 11.1. The Bertz CT molecular complexity index is 1370. The van der Waals surface area contributed by atoms with E-state index in [2.05, 4.69) is 55.6 Å². The summed E-state index contributed by atoms with van der Waals surface area (Å²) in [5.74, 6) is -0.511. The number of aliphatic carboxylic acids is 1. The van der Waals surface area contributed by atoms with Crippen LogP contribution in [-0.4, -0.2) is 42.4 Å². The monoisotopic (exact) mass is 525 g/mol. The van der Waals surface area contributed by atoms with Crippen LogP contribution in [0.25, 0.3) is 11.1 Å².